The van der Waals surface area contributed by atoms with Gasteiger partial charge in [0.05, 0.1) is 18.1 Å². The average molecular weight is 270 g/mol. The molecule has 0 fully saturated rings. The van der Waals surface area contributed by atoms with Gasteiger partial charge in [0.25, 0.3) is 0 Å². The monoisotopic (exact) mass is 270 g/mol. The Morgan fingerprint density at radius 2 is 1.95 bits per heavy atom. The number of benzene rings is 1. The van der Waals surface area contributed by atoms with E-state index in [-0.39, 0.29) is 0 Å². The van der Waals surface area contributed by atoms with Crippen LogP contribution in [0.5, 0.6) is 0 Å². The number of para-hydroxylation sites is 1. The summed E-state index contributed by atoms with van der Waals surface area (Å²) in [5.41, 5.74) is 3.35. The van der Waals surface area contributed by atoms with Gasteiger partial charge in [-0.05, 0) is 31.5 Å². The number of nitrogens with zero attached hydrogens (tertiary/aromatic N) is 3. The van der Waals surface area contributed by atoms with Crippen molar-refractivity contribution in [3.05, 3.63) is 47.9 Å². The minimum atomic E-state index is 0.773. The molecule has 2 rings (SSSR count). The number of anilines is 2. The number of nitrogens with one attached hydrogen (secondary N) is 1. The summed E-state index contributed by atoms with van der Waals surface area (Å²) in [6.45, 7) is 6.03. The van der Waals surface area contributed by atoms with E-state index >= 15 is 0 Å². The molecule has 4 heteroatoms. The molecule has 0 spiro atoms. The zero-order valence-electron chi connectivity index (χ0n) is 12.4. The third-order valence-electron chi connectivity index (χ3n) is 3.25. The topological polar surface area (TPSA) is 41.1 Å². The van der Waals surface area contributed by atoms with Crippen LogP contribution in [0.4, 0.5) is 11.5 Å². The maximum atomic E-state index is 4.50. The fraction of sp³-hybridized carbons (Fsp3) is 0.375. The predicted octanol–water partition coefficient (Wildman–Crippen LogP) is 3.05. The normalized spacial score (nSPS) is 10.6. The van der Waals surface area contributed by atoms with E-state index in [1.807, 2.05) is 31.6 Å². The highest BCUT2D eigenvalue weighted by molar-refractivity contribution is 5.62. The summed E-state index contributed by atoms with van der Waals surface area (Å²) in [6.07, 6.45) is 4.80. The molecule has 1 aromatic heterocycles. The van der Waals surface area contributed by atoms with Crippen molar-refractivity contribution in [2.24, 2.45) is 0 Å². The lowest BCUT2D eigenvalue weighted by molar-refractivity contribution is 0.662. The Bertz CT molecular complexity index is 536. The lowest BCUT2D eigenvalue weighted by atomic mass is 10.2. The molecule has 0 aliphatic rings. The smallest absolute Gasteiger partial charge is 0.151 e. The number of aryl methyl sites for hydroxylation is 1. The van der Waals surface area contributed by atoms with Gasteiger partial charge in [0, 0.05) is 19.3 Å². The Morgan fingerprint density at radius 1 is 1.15 bits per heavy atom. The van der Waals surface area contributed by atoms with Gasteiger partial charge >= 0.3 is 0 Å². The molecule has 0 amide bonds. The molecule has 0 aliphatic carbocycles. The lowest BCUT2D eigenvalue weighted by Crippen LogP contribution is -2.16. The molecule has 1 heterocycles. The Morgan fingerprint density at radius 3 is 2.60 bits per heavy atom. The quantitative estimate of drug-likeness (QED) is 0.819. The molecule has 0 bridgehead atoms. The molecule has 1 aromatic carbocycles. The van der Waals surface area contributed by atoms with Crippen molar-refractivity contribution in [3.8, 4) is 0 Å². The summed E-state index contributed by atoms with van der Waals surface area (Å²) >= 11 is 0. The first-order valence-corrected chi connectivity index (χ1v) is 7.03. The molecule has 2 aromatic rings. The van der Waals surface area contributed by atoms with Gasteiger partial charge in [0.1, 0.15) is 0 Å². The number of aromatic nitrogens is 2. The first kappa shape index (κ1) is 14.5. The van der Waals surface area contributed by atoms with Crippen LogP contribution in [0.3, 0.4) is 0 Å². The summed E-state index contributed by atoms with van der Waals surface area (Å²) < 4.78 is 0. The van der Waals surface area contributed by atoms with Crippen LogP contribution < -0.4 is 10.2 Å². The highest BCUT2D eigenvalue weighted by atomic mass is 15.2. The summed E-state index contributed by atoms with van der Waals surface area (Å²) in [5, 5.41) is 3.32. The van der Waals surface area contributed by atoms with E-state index in [4.69, 9.17) is 0 Å². The molecule has 4 nitrogen and oxygen atoms in total. The fourth-order valence-electron chi connectivity index (χ4n) is 2.07. The van der Waals surface area contributed by atoms with E-state index in [0.717, 1.165) is 36.7 Å². The molecule has 0 aliphatic heterocycles. The molecule has 0 saturated carbocycles. The molecular weight excluding hydrogens is 248 g/mol. The summed E-state index contributed by atoms with van der Waals surface area (Å²) in [4.78, 5) is 11.0. The Hall–Kier alpha value is -1.94. The third kappa shape index (κ3) is 3.54. The number of rotatable bonds is 6. The van der Waals surface area contributed by atoms with Crippen molar-refractivity contribution in [1.82, 2.24) is 15.3 Å². The van der Waals surface area contributed by atoms with Crippen LogP contribution in [0.2, 0.25) is 0 Å². The van der Waals surface area contributed by atoms with Gasteiger partial charge in [-0.25, -0.2) is 4.98 Å². The van der Waals surface area contributed by atoms with Crippen molar-refractivity contribution in [1.29, 1.82) is 0 Å². The van der Waals surface area contributed by atoms with Crippen LogP contribution in [0.1, 0.15) is 24.6 Å². The number of hydrogen-bond acceptors (Lipinski definition) is 4. The zero-order valence-corrected chi connectivity index (χ0v) is 12.4. The molecule has 0 radical (unpaired) electrons. The molecule has 0 unspecified atom stereocenters. The van der Waals surface area contributed by atoms with Crippen LogP contribution in [-0.2, 0) is 6.54 Å². The van der Waals surface area contributed by atoms with Gasteiger partial charge in [-0.1, -0.05) is 25.1 Å². The lowest BCUT2D eigenvalue weighted by Gasteiger charge is -2.20. The van der Waals surface area contributed by atoms with Gasteiger partial charge in [0.15, 0.2) is 5.82 Å². The van der Waals surface area contributed by atoms with Crippen LogP contribution in [0, 0.1) is 6.92 Å². The van der Waals surface area contributed by atoms with E-state index in [2.05, 4.69) is 46.2 Å². The largest absolute Gasteiger partial charge is 0.328 e. The Kier molecular flexibility index (Phi) is 5.07. The first-order valence-electron chi connectivity index (χ1n) is 7.03. The minimum Gasteiger partial charge on any atom is -0.328 e. The fourth-order valence-corrected chi connectivity index (χ4v) is 2.07. The van der Waals surface area contributed by atoms with Crippen molar-refractivity contribution >= 4 is 11.5 Å². The summed E-state index contributed by atoms with van der Waals surface area (Å²) in [7, 11) is 2.02. The third-order valence-corrected chi connectivity index (χ3v) is 3.25. The van der Waals surface area contributed by atoms with Crippen molar-refractivity contribution in [2.45, 2.75) is 26.8 Å². The van der Waals surface area contributed by atoms with Crippen molar-refractivity contribution in [2.75, 3.05) is 18.5 Å². The van der Waals surface area contributed by atoms with Crippen LogP contribution in [0.15, 0.2) is 36.7 Å². The first-order chi connectivity index (χ1) is 9.72. The molecule has 0 atom stereocenters. The Balaban J connectivity index is 2.08. The standard InChI is InChI=1S/C16H22N4/c1-4-9-17-10-14-11-19-16(12-18-14)20(3)15-8-6-5-7-13(15)2/h5-8,11-12,17H,4,9-10H2,1-3H3. The Labute approximate surface area is 120 Å². The van der Waals surface area contributed by atoms with Crippen LogP contribution in [-0.4, -0.2) is 23.6 Å². The maximum absolute atomic E-state index is 4.50. The second-order valence-corrected chi connectivity index (χ2v) is 4.89. The highest BCUT2D eigenvalue weighted by Crippen LogP contribution is 2.24. The van der Waals surface area contributed by atoms with Gasteiger partial charge in [-0.15, -0.1) is 0 Å². The van der Waals surface area contributed by atoms with E-state index in [1.54, 1.807) is 0 Å². The summed E-state index contributed by atoms with van der Waals surface area (Å²) in [6, 6.07) is 8.27. The SMILES string of the molecule is CCCNCc1cnc(N(C)c2ccccc2C)cn1. The van der Waals surface area contributed by atoms with Crippen molar-refractivity contribution in [3.63, 3.8) is 0 Å². The molecule has 0 saturated heterocycles. The van der Waals surface area contributed by atoms with Crippen molar-refractivity contribution < 1.29 is 0 Å². The van der Waals surface area contributed by atoms with Gasteiger partial charge in [-0.2, -0.15) is 0 Å². The van der Waals surface area contributed by atoms with E-state index < -0.39 is 0 Å². The molecule has 20 heavy (non-hydrogen) atoms. The maximum Gasteiger partial charge on any atom is 0.151 e. The van der Waals surface area contributed by atoms with E-state index in [0.29, 0.717) is 0 Å². The summed E-state index contributed by atoms with van der Waals surface area (Å²) in [5.74, 6) is 0.860. The zero-order chi connectivity index (χ0) is 14.4. The number of hydrogen-bond donors (Lipinski definition) is 1. The second-order valence-electron chi connectivity index (χ2n) is 4.89. The van der Waals surface area contributed by atoms with Gasteiger partial charge < -0.3 is 10.2 Å². The minimum absolute atomic E-state index is 0.773. The molecule has 1 N–H and O–H groups in total. The van der Waals surface area contributed by atoms with Gasteiger partial charge in [-0.3, -0.25) is 4.98 Å². The molecular formula is C16H22N4. The highest BCUT2D eigenvalue weighted by Gasteiger charge is 2.08. The predicted molar refractivity (Wildman–Crippen MR) is 83.3 cm³/mol. The van der Waals surface area contributed by atoms with Gasteiger partial charge in [0.2, 0.25) is 0 Å². The van der Waals surface area contributed by atoms with E-state index in [9.17, 15) is 0 Å². The second kappa shape index (κ2) is 7.01. The average Bonchev–Trinajstić information content (AvgIpc) is 2.48. The molecule has 106 valence electrons. The van der Waals surface area contributed by atoms with E-state index in [1.165, 1.54) is 5.56 Å². The van der Waals surface area contributed by atoms with Crippen LogP contribution >= 0.6 is 0 Å². The van der Waals surface area contributed by atoms with Crippen LogP contribution in [0.25, 0.3) is 0 Å².